The lowest BCUT2D eigenvalue weighted by Gasteiger charge is -2.09. The van der Waals surface area contributed by atoms with Gasteiger partial charge < -0.3 is 19.6 Å². The van der Waals surface area contributed by atoms with Crippen molar-refractivity contribution in [1.82, 2.24) is 0 Å². The summed E-state index contributed by atoms with van der Waals surface area (Å²) in [4.78, 5) is 28.0. The molecule has 0 saturated carbocycles. The van der Waals surface area contributed by atoms with Crippen molar-refractivity contribution in [1.29, 1.82) is 0 Å². The van der Waals surface area contributed by atoms with Gasteiger partial charge in [-0.25, -0.2) is 4.79 Å². The number of anilines is 1. The van der Waals surface area contributed by atoms with E-state index in [2.05, 4.69) is 10.5 Å². The van der Waals surface area contributed by atoms with Gasteiger partial charge in [-0.3, -0.25) is 4.79 Å². The molecule has 1 amide bonds. The molecule has 0 saturated heterocycles. The summed E-state index contributed by atoms with van der Waals surface area (Å²) in [6.07, 6.45) is -3.09. The smallest absolute Gasteiger partial charge is 0.416 e. The zero-order valence-corrected chi connectivity index (χ0v) is 15.2. The monoisotopic (exact) mass is 410 g/mol. The molecular formula is C19H17F3N2O5. The molecule has 2 aromatic rings. The maximum Gasteiger partial charge on any atom is 0.416 e. The van der Waals surface area contributed by atoms with Gasteiger partial charge in [0.05, 0.1) is 18.9 Å². The number of halogens is 3. The van der Waals surface area contributed by atoms with E-state index in [0.29, 0.717) is 5.75 Å². The number of esters is 1. The standard InChI is InChI=1S/C19H17F3N2O5/c1-27-16-8-2-13(3-9-16)10-23-29-12-18(26)28-11-17(25)24-15-6-4-14(5-7-15)19(20,21)22/h2-10H,11-12H2,1H3,(H,24,25)/b23-10-. The minimum absolute atomic E-state index is 0.138. The van der Waals surface area contributed by atoms with Gasteiger partial charge >= 0.3 is 12.1 Å². The Balaban J connectivity index is 1.68. The van der Waals surface area contributed by atoms with Gasteiger partial charge in [0, 0.05) is 5.69 Å². The van der Waals surface area contributed by atoms with Gasteiger partial charge in [0.15, 0.2) is 6.61 Å². The molecule has 0 fully saturated rings. The molecule has 0 unspecified atom stereocenters. The third kappa shape index (κ3) is 7.53. The van der Waals surface area contributed by atoms with E-state index in [9.17, 15) is 22.8 Å². The summed E-state index contributed by atoms with van der Waals surface area (Å²) >= 11 is 0. The third-order valence-corrected chi connectivity index (χ3v) is 3.43. The zero-order chi connectivity index (χ0) is 21.3. The van der Waals surface area contributed by atoms with E-state index >= 15 is 0 Å². The van der Waals surface area contributed by atoms with Gasteiger partial charge in [-0.2, -0.15) is 13.2 Å². The van der Waals surface area contributed by atoms with Crippen LogP contribution >= 0.6 is 0 Å². The lowest BCUT2D eigenvalue weighted by Crippen LogP contribution is -2.22. The Morgan fingerprint density at radius 1 is 1.03 bits per heavy atom. The number of nitrogens with zero attached hydrogens (tertiary/aromatic N) is 1. The molecule has 154 valence electrons. The van der Waals surface area contributed by atoms with Crippen LogP contribution < -0.4 is 10.1 Å². The summed E-state index contributed by atoms with van der Waals surface area (Å²) < 4.78 is 47.1. The molecule has 0 bridgehead atoms. The summed E-state index contributed by atoms with van der Waals surface area (Å²) in [5.74, 6) is -0.861. The molecule has 0 heterocycles. The number of benzene rings is 2. The molecule has 0 aliphatic rings. The van der Waals surface area contributed by atoms with E-state index in [-0.39, 0.29) is 5.69 Å². The second-order valence-corrected chi connectivity index (χ2v) is 5.57. The molecule has 29 heavy (non-hydrogen) atoms. The van der Waals surface area contributed by atoms with E-state index in [1.807, 2.05) is 0 Å². The fourth-order valence-electron chi connectivity index (χ4n) is 2.01. The predicted molar refractivity (Wildman–Crippen MR) is 97.6 cm³/mol. The van der Waals surface area contributed by atoms with Crippen molar-refractivity contribution in [3.8, 4) is 5.75 Å². The van der Waals surface area contributed by atoms with Crippen LogP contribution in [0.5, 0.6) is 5.75 Å². The number of alkyl halides is 3. The largest absolute Gasteiger partial charge is 0.497 e. The predicted octanol–water partition coefficient (Wildman–Crippen LogP) is 3.25. The molecule has 0 atom stereocenters. The van der Waals surface area contributed by atoms with Gasteiger partial charge in [-0.1, -0.05) is 5.16 Å². The first-order valence-corrected chi connectivity index (χ1v) is 8.20. The SMILES string of the molecule is COc1ccc(/C=N\OCC(=O)OCC(=O)Nc2ccc(C(F)(F)F)cc2)cc1. The van der Waals surface area contributed by atoms with Crippen molar-refractivity contribution in [2.24, 2.45) is 5.16 Å². The highest BCUT2D eigenvalue weighted by atomic mass is 19.4. The Morgan fingerprint density at radius 2 is 1.69 bits per heavy atom. The number of oxime groups is 1. The average Bonchev–Trinajstić information content (AvgIpc) is 2.70. The van der Waals surface area contributed by atoms with Crippen LogP contribution in [0, 0.1) is 0 Å². The van der Waals surface area contributed by atoms with Crippen LogP contribution in [0.2, 0.25) is 0 Å². The second-order valence-electron chi connectivity index (χ2n) is 5.57. The highest BCUT2D eigenvalue weighted by Gasteiger charge is 2.29. The molecule has 0 radical (unpaired) electrons. The van der Waals surface area contributed by atoms with Crippen LogP contribution in [0.15, 0.2) is 53.7 Å². The van der Waals surface area contributed by atoms with E-state index < -0.39 is 36.8 Å². The fourth-order valence-corrected chi connectivity index (χ4v) is 2.01. The molecule has 2 aromatic carbocycles. The van der Waals surface area contributed by atoms with Crippen molar-refractivity contribution >= 4 is 23.8 Å². The number of carbonyl (C=O) groups is 2. The van der Waals surface area contributed by atoms with E-state index in [4.69, 9.17) is 14.3 Å². The van der Waals surface area contributed by atoms with E-state index in [0.717, 1.165) is 29.8 Å². The molecular weight excluding hydrogens is 393 g/mol. The van der Waals surface area contributed by atoms with Crippen LogP contribution in [0.25, 0.3) is 0 Å². The normalized spacial score (nSPS) is 11.2. The number of hydrogen-bond acceptors (Lipinski definition) is 6. The van der Waals surface area contributed by atoms with Crippen molar-refractivity contribution in [2.45, 2.75) is 6.18 Å². The van der Waals surface area contributed by atoms with Crippen molar-refractivity contribution in [3.63, 3.8) is 0 Å². The Morgan fingerprint density at radius 3 is 2.28 bits per heavy atom. The summed E-state index contributed by atoms with van der Waals surface area (Å²) in [6.45, 7) is -1.13. The molecule has 0 spiro atoms. The van der Waals surface area contributed by atoms with Gasteiger partial charge in [-0.05, 0) is 54.1 Å². The highest BCUT2D eigenvalue weighted by Crippen LogP contribution is 2.29. The summed E-state index contributed by atoms with van der Waals surface area (Å²) in [5, 5.41) is 5.91. The Bertz CT molecular complexity index is 850. The van der Waals surface area contributed by atoms with E-state index in [1.54, 1.807) is 31.4 Å². The molecule has 0 aromatic heterocycles. The van der Waals surface area contributed by atoms with Crippen LogP contribution in [0.3, 0.4) is 0 Å². The highest BCUT2D eigenvalue weighted by molar-refractivity contribution is 5.92. The average molecular weight is 410 g/mol. The maximum absolute atomic E-state index is 12.5. The second kappa shape index (κ2) is 10.1. The molecule has 10 heteroatoms. The minimum Gasteiger partial charge on any atom is -0.497 e. The Hall–Kier alpha value is -3.56. The first-order valence-electron chi connectivity index (χ1n) is 8.20. The molecule has 0 aliphatic carbocycles. The number of methoxy groups -OCH3 is 1. The summed E-state index contributed by atoms with van der Waals surface area (Å²) in [6, 6.07) is 10.8. The number of ether oxygens (including phenoxy) is 2. The number of rotatable bonds is 8. The topological polar surface area (TPSA) is 86.2 Å². The van der Waals surface area contributed by atoms with Gasteiger partial charge in [0.1, 0.15) is 5.75 Å². The lowest BCUT2D eigenvalue weighted by atomic mass is 10.2. The van der Waals surface area contributed by atoms with Crippen LogP contribution in [0.1, 0.15) is 11.1 Å². The first kappa shape index (κ1) is 21.7. The Labute approximate surface area is 164 Å². The Kier molecular flexibility index (Phi) is 7.58. The minimum atomic E-state index is -4.46. The van der Waals surface area contributed by atoms with Gasteiger partial charge in [-0.15, -0.1) is 0 Å². The number of hydrogen-bond donors (Lipinski definition) is 1. The van der Waals surface area contributed by atoms with Gasteiger partial charge in [0.25, 0.3) is 5.91 Å². The van der Waals surface area contributed by atoms with Crippen LogP contribution in [0.4, 0.5) is 18.9 Å². The van der Waals surface area contributed by atoms with E-state index in [1.165, 1.54) is 6.21 Å². The van der Waals surface area contributed by atoms with Crippen molar-refractivity contribution < 1.29 is 37.1 Å². The van der Waals surface area contributed by atoms with Crippen molar-refractivity contribution in [3.05, 3.63) is 59.7 Å². The molecule has 7 nitrogen and oxygen atoms in total. The number of carbonyl (C=O) groups excluding carboxylic acids is 2. The summed E-state index contributed by atoms with van der Waals surface area (Å²) in [5.41, 5.74) is 0.0174. The maximum atomic E-state index is 12.5. The number of nitrogens with one attached hydrogen (secondary N) is 1. The van der Waals surface area contributed by atoms with Crippen molar-refractivity contribution in [2.75, 3.05) is 25.6 Å². The quantitative estimate of drug-likeness (QED) is 0.410. The summed E-state index contributed by atoms with van der Waals surface area (Å²) in [7, 11) is 1.54. The van der Waals surface area contributed by atoms with Gasteiger partial charge in [0.2, 0.25) is 6.61 Å². The zero-order valence-electron chi connectivity index (χ0n) is 15.2. The fraction of sp³-hybridized carbons (Fsp3) is 0.211. The molecule has 1 N–H and O–H groups in total. The number of amides is 1. The lowest BCUT2D eigenvalue weighted by molar-refractivity contribution is -0.151. The van der Waals surface area contributed by atoms with Crippen LogP contribution in [-0.2, 0) is 25.3 Å². The molecule has 2 rings (SSSR count). The third-order valence-electron chi connectivity index (χ3n) is 3.43. The van der Waals surface area contributed by atoms with Crippen LogP contribution in [-0.4, -0.2) is 38.4 Å². The first-order chi connectivity index (χ1) is 13.8. The molecule has 0 aliphatic heterocycles.